The molecule has 0 aliphatic rings. The molecule has 0 unspecified atom stereocenters. The Hall–Kier alpha value is -4.28. The van der Waals surface area contributed by atoms with Crippen molar-refractivity contribution in [1.82, 2.24) is 0 Å². The fraction of sp³-hybridized carbons (Fsp3) is 0.250. The normalized spacial score (nSPS) is 10.9. The van der Waals surface area contributed by atoms with Gasteiger partial charge in [-0.2, -0.15) is 10.5 Å². The predicted molar refractivity (Wildman–Crippen MR) is 154 cm³/mol. The lowest BCUT2D eigenvalue weighted by Crippen LogP contribution is -2.21. The summed E-state index contributed by atoms with van der Waals surface area (Å²) in [5.41, 5.74) is 7.05. The van der Waals surface area contributed by atoms with Crippen molar-refractivity contribution in [3.05, 3.63) is 94.0 Å². The van der Waals surface area contributed by atoms with Crippen LogP contribution < -0.4 is 9.80 Å². The first-order valence-electron chi connectivity index (χ1n) is 12.6. The van der Waals surface area contributed by atoms with Crippen molar-refractivity contribution in [2.24, 2.45) is 0 Å². The molecule has 4 heteroatoms. The summed E-state index contributed by atoms with van der Waals surface area (Å²) in [5, 5.41) is 19.5. The molecular weight excluding hydrogens is 440 g/mol. The fourth-order valence-electron chi connectivity index (χ4n) is 4.24. The second-order valence-corrected chi connectivity index (χ2v) is 8.44. The number of nitriles is 2. The van der Waals surface area contributed by atoms with Crippen LogP contribution >= 0.6 is 0 Å². The molecular formula is C32H34N4. The number of hydrogen-bond donors (Lipinski definition) is 0. The van der Waals surface area contributed by atoms with Crippen molar-refractivity contribution in [2.45, 2.75) is 27.7 Å². The van der Waals surface area contributed by atoms with E-state index < -0.39 is 0 Å². The van der Waals surface area contributed by atoms with Crippen molar-refractivity contribution in [1.29, 1.82) is 10.5 Å². The molecule has 0 bridgehead atoms. The van der Waals surface area contributed by atoms with Crippen molar-refractivity contribution in [3.8, 4) is 12.1 Å². The molecule has 3 rings (SSSR count). The minimum atomic E-state index is 0.543. The second kappa shape index (κ2) is 13.0. The van der Waals surface area contributed by atoms with Gasteiger partial charge in [-0.3, -0.25) is 0 Å². The van der Waals surface area contributed by atoms with Crippen LogP contribution in [0.1, 0.15) is 61.1 Å². The first-order chi connectivity index (χ1) is 17.6. The van der Waals surface area contributed by atoms with Crippen LogP contribution in [0.4, 0.5) is 11.4 Å². The van der Waals surface area contributed by atoms with Crippen LogP contribution in [0.25, 0.3) is 24.3 Å². The number of anilines is 2. The predicted octanol–water partition coefficient (Wildman–Crippen LogP) is 7.46. The van der Waals surface area contributed by atoms with Gasteiger partial charge in [-0.25, -0.2) is 0 Å². The highest BCUT2D eigenvalue weighted by molar-refractivity contribution is 5.79. The van der Waals surface area contributed by atoms with Gasteiger partial charge in [0.1, 0.15) is 0 Å². The van der Waals surface area contributed by atoms with Crippen LogP contribution in [-0.4, -0.2) is 26.2 Å². The molecule has 0 fully saturated rings. The first-order valence-corrected chi connectivity index (χ1v) is 12.6. The molecule has 0 aliphatic heterocycles. The molecule has 0 saturated carbocycles. The largest absolute Gasteiger partial charge is 0.372 e. The Morgan fingerprint density at radius 1 is 0.556 bits per heavy atom. The van der Waals surface area contributed by atoms with E-state index in [0.29, 0.717) is 11.1 Å². The zero-order valence-corrected chi connectivity index (χ0v) is 21.7. The van der Waals surface area contributed by atoms with Crippen LogP contribution in [0.3, 0.4) is 0 Å². The third-order valence-corrected chi connectivity index (χ3v) is 6.42. The van der Waals surface area contributed by atoms with Gasteiger partial charge in [0.2, 0.25) is 0 Å². The van der Waals surface area contributed by atoms with E-state index in [1.54, 1.807) is 12.1 Å². The minimum Gasteiger partial charge on any atom is -0.372 e. The molecule has 0 heterocycles. The highest BCUT2D eigenvalue weighted by Gasteiger charge is 2.07. The Bertz CT molecular complexity index is 1170. The summed E-state index contributed by atoms with van der Waals surface area (Å²) in [4.78, 5) is 4.60. The highest BCUT2D eigenvalue weighted by Crippen LogP contribution is 2.23. The SMILES string of the molecule is CCN(CC)c1ccc(C=Cc2cc(C#N)c(C=Cc3ccc(N(CC)CC)cc3)cc2C#N)cc1. The zero-order chi connectivity index (χ0) is 25.9. The van der Waals surface area contributed by atoms with Crippen LogP contribution in [0, 0.1) is 22.7 Å². The lowest BCUT2D eigenvalue weighted by Gasteiger charge is -2.20. The molecule has 0 N–H and O–H groups in total. The van der Waals surface area contributed by atoms with E-state index in [0.717, 1.165) is 48.4 Å². The van der Waals surface area contributed by atoms with Crippen molar-refractivity contribution < 1.29 is 0 Å². The average molecular weight is 475 g/mol. The van der Waals surface area contributed by atoms with Gasteiger partial charge in [-0.15, -0.1) is 0 Å². The Morgan fingerprint density at radius 2 is 0.889 bits per heavy atom. The molecule has 36 heavy (non-hydrogen) atoms. The quantitative estimate of drug-likeness (QED) is 0.286. The van der Waals surface area contributed by atoms with Crippen LogP contribution in [0.5, 0.6) is 0 Å². The van der Waals surface area contributed by atoms with E-state index >= 15 is 0 Å². The lowest BCUT2D eigenvalue weighted by molar-refractivity contribution is 0.866. The van der Waals surface area contributed by atoms with E-state index in [1.165, 1.54) is 11.4 Å². The second-order valence-electron chi connectivity index (χ2n) is 8.44. The third kappa shape index (κ3) is 6.44. The standard InChI is InChI=1S/C32H34N4/c1-5-35(6-2)31-17-11-25(12-18-31)9-15-27-21-30(24-34)28(22-29(27)23-33)16-10-26-13-19-32(20-14-26)36(7-3)8-4/h9-22H,5-8H2,1-4H3. The zero-order valence-electron chi connectivity index (χ0n) is 21.7. The molecule has 0 spiro atoms. The molecule has 0 saturated heterocycles. The lowest BCUT2D eigenvalue weighted by atomic mass is 9.97. The van der Waals surface area contributed by atoms with Gasteiger partial charge in [0.25, 0.3) is 0 Å². The summed E-state index contributed by atoms with van der Waals surface area (Å²) in [6.07, 6.45) is 7.78. The van der Waals surface area contributed by atoms with E-state index in [9.17, 15) is 10.5 Å². The van der Waals surface area contributed by atoms with Gasteiger partial charge >= 0.3 is 0 Å². The first kappa shape index (κ1) is 26.3. The van der Waals surface area contributed by atoms with Crippen LogP contribution in [0.2, 0.25) is 0 Å². The van der Waals surface area contributed by atoms with Gasteiger partial charge in [0.05, 0.1) is 23.3 Å². The molecule has 0 amide bonds. The summed E-state index contributed by atoms with van der Waals surface area (Å²) in [6, 6.07) is 24.9. The highest BCUT2D eigenvalue weighted by atomic mass is 15.1. The Kier molecular flexibility index (Phi) is 9.49. The summed E-state index contributed by atoms with van der Waals surface area (Å²) >= 11 is 0. The summed E-state index contributed by atoms with van der Waals surface area (Å²) < 4.78 is 0. The van der Waals surface area contributed by atoms with E-state index in [2.05, 4.69) is 98.2 Å². The van der Waals surface area contributed by atoms with Gasteiger partial charge in [-0.05, 0) is 86.3 Å². The fourth-order valence-corrected chi connectivity index (χ4v) is 4.24. The van der Waals surface area contributed by atoms with Crippen molar-refractivity contribution in [3.63, 3.8) is 0 Å². The Balaban J connectivity index is 1.83. The Morgan fingerprint density at radius 3 is 1.17 bits per heavy atom. The minimum absolute atomic E-state index is 0.543. The molecule has 3 aromatic rings. The number of rotatable bonds is 10. The molecule has 0 atom stereocenters. The molecule has 0 aliphatic carbocycles. The molecule has 182 valence electrons. The van der Waals surface area contributed by atoms with Gasteiger partial charge in [-0.1, -0.05) is 48.6 Å². The van der Waals surface area contributed by atoms with E-state index in [-0.39, 0.29) is 0 Å². The maximum Gasteiger partial charge on any atom is 0.0998 e. The van der Waals surface area contributed by atoms with Gasteiger partial charge < -0.3 is 9.80 Å². The summed E-state index contributed by atoms with van der Waals surface area (Å²) in [5.74, 6) is 0. The topological polar surface area (TPSA) is 54.1 Å². The molecule has 0 aromatic heterocycles. The Labute approximate surface area is 216 Å². The smallest absolute Gasteiger partial charge is 0.0998 e. The van der Waals surface area contributed by atoms with E-state index in [4.69, 9.17) is 0 Å². The van der Waals surface area contributed by atoms with Crippen molar-refractivity contribution in [2.75, 3.05) is 36.0 Å². The average Bonchev–Trinajstić information content (AvgIpc) is 2.93. The van der Waals surface area contributed by atoms with Crippen molar-refractivity contribution >= 4 is 35.7 Å². The molecule has 4 nitrogen and oxygen atoms in total. The van der Waals surface area contributed by atoms with Gasteiger partial charge in [0, 0.05) is 37.6 Å². The number of nitrogens with zero attached hydrogens (tertiary/aromatic N) is 4. The van der Waals surface area contributed by atoms with Crippen LogP contribution in [-0.2, 0) is 0 Å². The molecule has 3 aromatic carbocycles. The third-order valence-electron chi connectivity index (χ3n) is 6.42. The monoisotopic (exact) mass is 474 g/mol. The summed E-state index contributed by atoms with van der Waals surface area (Å²) in [7, 11) is 0. The van der Waals surface area contributed by atoms with E-state index in [1.807, 2.05) is 24.3 Å². The van der Waals surface area contributed by atoms with Gasteiger partial charge in [0.15, 0.2) is 0 Å². The van der Waals surface area contributed by atoms with Crippen LogP contribution in [0.15, 0.2) is 60.7 Å². The number of benzene rings is 3. The summed E-state index contributed by atoms with van der Waals surface area (Å²) in [6.45, 7) is 12.5. The number of hydrogen-bond acceptors (Lipinski definition) is 4. The maximum atomic E-state index is 9.77. The maximum absolute atomic E-state index is 9.77. The molecule has 0 radical (unpaired) electrons.